The van der Waals surface area contributed by atoms with Gasteiger partial charge in [0, 0.05) is 18.7 Å². The molecule has 0 aliphatic heterocycles. The Bertz CT molecular complexity index is 871. The minimum absolute atomic E-state index is 0.0839. The van der Waals surface area contributed by atoms with Gasteiger partial charge < -0.3 is 14.8 Å². The lowest BCUT2D eigenvalue weighted by atomic mass is 10.2. The van der Waals surface area contributed by atoms with Crippen LogP contribution in [-0.4, -0.2) is 5.91 Å². The van der Waals surface area contributed by atoms with Crippen molar-refractivity contribution in [3.8, 4) is 17.2 Å². The van der Waals surface area contributed by atoms with E-state index in [2.05, 4.69) is 5.32 Å². The van der Waals surface area contributed by atoms with Crippen molar-refractivity contribution < 1.29 is 14.3 Å². The number of hydrogen-bond donors (Lipinski definition) is 1. The largest absolute Gasteiger partial charge is 0.489 e. The molecule has 0 radical (unpaired) electrons. The number of anilines is 1. The van der Waals surface area contributed by atoms with Crippen LogP contribution >= 0.6 is 0 Å². The van der Waals surface area contributed by atoms with Crippen LogP contribution in [0.3, 0.4) is 0 Å². The summed E-state index contributed by atoms with van der Waals surface area (Å²) in [5.41, 5.74) is 2.98. The lowest BCUT2D eigenvalue weighted by Gasteiger charge is -2.10. The molecule has 3 aromatic carbocycles. The van der Waals surface area contributed by atoms with E-state index in [0.717, 1.165) is 28.5 Å². The second-order valence-corrected chi connectivity index (χ2v) is 6.06. The second kappa shape index (κ2) is 8.21. The van der Waals surface area contributed by atoms with Crippen molar-refractivity contribution in [2.45, 2.75) is 20.5 Å². The van der Waals surface area contributed by atoms with E-state index in [-0.39, 0.29) is 5.91 Å². The quantitative estimate of drug-likeness (QED) is 0.656. The molecule has 0 atom stereocenters. The first-order valence-corrected chi connectivity index (χ1v) is 8.42. The van der Waals surface area contributed by atoms with Gasteiger partial charge in [0.1, 0.15) is 23.9 Å². The highest BCUT2D eigenvalue weighted by molar-refractivity contribution is 5.88. The summed E-state index contributed by atoms with van der Waals surface area (Å²) in [6.45, 7) is 3.97. The van der Waals surface area contributed by atoms with Gasteiger partial charge in [0.05, 0.1) is 0 Å². The van der Waals surface area contributed by atoms with Gasteiger partial charge in [-0.05, 0) is 48.9 Å². The molecule has 0 unspecified atom stereocenters. The molecule has 26 heavy (non-hydrogen) atoms. The van der Waals surface area contributed by atoms with Crippen molar-refractivity contribution in [2.24, 2.45) is 0 Å². The van der Waals surface area contributed by atoms with E-state index in [4.69, 9.17) is 9.47 Å². The Labute approximate surface area is 153 Å². The predicted molar refractivity (Wildman–Crippen MR) is 103 cm³/mol. The van der Waals surface area contributed by atoms with Crippen molar-refractivity contribution in [1.82, 2.24) is 0 Å². The molecule has 0 heterocycles. The van der Waals surface area contributed by atoms with Crippen LogP contribution in [0.4, 0.5) is 5.69 Å². The van der Waals surface area contributed by atoms with E-state index in [1.54, 1.807) is 0 Å². The normalized spacial score (nSPS) is 10.2. The van der Waals surface area contributed by atoms with Crippen LogP contribution in [0.1, 0.15) is 18.1 Å². The maximum absolute atomic E-state index is 11.0. The molecule has 1 amide bonds. The van der Waals surface area contributed by atoms with Crippen LogP contribution in [0.5, 0.6) is 17.2 Å². The topological polar surface area (TPSA) is 47.6 Å². The first-order chi connectivity index (χ1) is 12.6. The van der Waals surface area contributed by atoms with Gasteiger partial charge in [-0.25, -0.2) is 0 Å². The first-order valence-electron chi connectivity index (χ1n) is 8.42. The summed E-state index contributed by atoms with van der Waals surface area (Å²) >= 11 is 0. The van der Waals surface area contributed by atoms with Gasteiger partial charge in [0.2, 0.25) is 5.91 Å². The van der Waals surface area contributed by atoms with Crippen molar-refractivity contribution in [1.29, 1.82) is 0 Å². The minimum atomic E-state index is -0.0839. The standard InChI is InChI=1S/C22H21NO3/c1-16-6-12-20(13-7-16)26-22-5-3-4-21(14-22)25-15-18-8-10-19(11-9-18)23-17(2)24/h3-14H,15H2,1-2H3,(H,23,24). The zero-order chi connectivity index (χ0) is 18.4. The minimum Gasteiger partial charge on any atom is -0.489 e. The summed E-state index contributed by atoms with van der Waals surface area (Å²) in [5, 5.41) is 2.74. The number of benzene rings is 3. The SMILES string of the molecule is CC(=O)Nc1ccc(COc2cccc(Oc3ccc(C)cc3)c2)cc1. The molecule has 4 nitrogen and oxygen atoms in total. The monoisotopic (exact) mass is 347 g/mol. The molecule has 0 saturated heterocycles. The Morgan fingerprint density at radius 1 is 0.885 bits per heavy atom. The lowest BCUT2D eigenvalue weighted by molar-refractivity contribution is -0.114. The number of amides is 1. The van der Waals surface area contributed by atoms with Crippen LogP contribution in [-0.2, 0) is 11.4 Å². The summed E-state index contributed by atoms with van der Waals surface area (Å²) in [4.78, 5) is 11.0. The molecule has 3 aromatic rings. The van der Waals surface area contributed by atoms with Gasteiger partial charge in [-0.1, -0.05) is 35.9 Å². The average molecular weight is 347 g/mol. The maximum Gasteiger partial charge on any atom is 0.221 e. The fourth-order valence-electron chi connectivity index (χ4n) is 2.42. The summed E-state index contributed by atoms with van der Waals surface area (Å²) in [6, 6.07) is 23.1. The van der Waals surface area contributed by atoms with Gasteiger partial charge in [0.15, 0.2) is 0 Å². The van der Waals surface area contributed by atoms with E-state index < -0.39 is 0 Å². The Morgan fingerprint density at radius 3 is 2.27 bits per heavy atom. The van der Waals surface area contributed by atoms with E-state index in [0.29, 0.717) is 6.61 Å². The summed E-state index contributed by atoms with van der Waals surface area (Å²) in [6.07, 6.45) is 0. The first kappa shape index (κ1) is 17.5. The highest BCUT2D eigenvalue weighted by Gasteiger charge is 2.02. The number of hydrogen-bond acceptors (Lipinski definition) is 3. The van der Waals surface area contributed by atoms with E-state index in [1.807, 2.05) is 79.7 Å². The fourth-order valence-corrected chi connectivity index (χ4v) is 2.42. The third kappa shape index (κ3) is 5.11. The molecule has 132 valence electrons. The van der Waals surface area contributed by atoms with E-state index in [9.17, 15) is 4.79 Å². The molecular weight excluding hydrogens is 326 g/mol. The third-order valence-corrected chi connectivity index (χ3v) is 3.74. The number of rotatable bonds is 6. The molecular formula is C22H21NO3. The van der Waals surface area contributed by atoms with Crippen LogP contribution in [0.25, 0.3) is 0 Å². The molecule has 1 N–H and O–H groups in total. The van der Waals surface area contributed by atoms with Gasteiger partial charge >= 0.3 is 0 Å². The van der Waals surface area contributed by atoms with Gasteiger partial charge in [-0.3, -0.25) is 4.79 Å². The van der Waals surface area contributed by atoms with Crippen LogP contribution < -0.4 is 14.8 Å². The Kier molecular flexibility index (Phi) is 5.54. The highest BCUT2D eigenvalue weighted by Crippen LogP contribution is 2.26. The highest BCUT2D eigenvalue weighted by atomic mass is 16.5. The lowest BCUT2D eigenvalue weighted by Crippen LogP contribution is -2.05. The molecule has 0 aliphatic carbocycles. The van der Waals surface area contributed by atoms with E-state index >= 15 is 0 Å². The summed E-state index contributed by atoms with van der Waals surface area (Å²) in [5.74, 6) is 2.17. The van der Waals surface area contributed by atoms with Crippen molar-refractivity contribution in [3.63, 3.8) is 0 Å². The summed E-state index contributed by atoms with van der Waals surface area (Å²) < 4.78 is 11.7. The second-order valence-electron chi connectivity index (χ2n) is 6.06. The molecule has 0 aliphatic rings. The molecule has 0 saturated carbocycles. The Morgan fingerprint density at radius 2 is 1.58 bits per heavy atom. The smallest absolute Gasteiger partial charge is 0.221 e. The zero-order valence-corrected chi connectivity index (χ0v) is 14.9. The van der Waals surface area contributed by atoms with Gasteiger partial charge in [0.25, 0.3) is 0 Å². The zero-order valence-electron chi connectivity index (χ0n) is 14.9. The Balaban J connectivity index is 1.60. The fraction of sp³-hybridized carbons (Fsp3) is 0.136. The molecule has 0 bridgehead atoms. The van der Waals surface area contributed by atoms with Gasteiger partial charge in [-0.15, -0.1) is 0 Å². The van der Waals surface area contributed by atoms with Crippen molar-refractivity contribution >= 4 is 11.6 Å². The average Bonchev–Trinajstić information content (AvgIpc) is 2.63. The molecule has 0 spiro atoms. The summed E-state index contributed by atoms with van der Waals surface area (Å²) in [7, 11) is 0. The van der Waals surface area contributed by atoms with Gasteiger partial charge in [-0.2, -0.15) is 0 Å². The van der Waals surface area contributed by atoms with Crippen LogP contribution in [0.15, 0.2) is 72.8 Å². The molecule has 0 aromatic heterocycles. The third-order valence-electron chi connectivity index (χ3n) is 3.74. The Hall–Kier alpha value is -3.27. The number of ether oxygens (including phenoxy) is 2. The van der Waals surface area contributed by atoms with Crippen LogP contribution in [0, 0.1) is 6.92 Å². The van der Waals surface area contributed by atoms with E-state index in [1.165, 1.54) is 12.5 Å². The number of nitrogens with one attached hydrogen (secondary N) is 1. The van der Waals surface area contributed by atoms with Crippen LogP contribution in [0.2, 0.25) is 0 Å². The van der Waals surface area contributed by atoms with Crippen molar-refractivity contribution in [2.75, 3.05) is 5.32 Å². The number of carbonyl (C=O) groups is 1. The number of carbonyl (C=O) groups excluding carboxylic acids is 1. The molecule has 0 fully saturated rings. The predicted octanol–water partition coefficient (Wildman–Crippen LogP) is 5.32. The number of aryl methyl sites for hydroxylation is 1. The maximum atomic E-state index is 11.0. The van der Waals surface area contributed by atoms with Crippen molar-refractivity contribution in [3.05, 3.63) is 83.9 Å². The molecule has 3 rings (SSSR count). The molecule has 4 heteroatoms.